The van der Waals surface area contributed by atoms with Gasteiger partial charge in [0.1, 0.15) is 10.8 Å². The standard InChI is InChI=1S/C25H36N3O3S2/c1-3-11-32-24-20(7-8-21(26-24)28-9-5-4-6-10-28)23(29)27-22-18-12-17-13-19(22)16-25(14-17,15-18)33(2,30)31/h7-9,17-19,22H,3-6,10-16H2,1-2H3,(H,27,29). The highest BCUT2D eigenvalue weighted by Crippen LogP contribution is 2.58. The van der Waals surface area contributed by atoms with Gasteiger partial charge in [-0.2, -0.15) is 0 Å². The lowest BCUT2D eigenvalue weighted by atomic mass is 9.53. The van der Waals surface area contributed by atoms with Gasteiger partial charge in [0.2, 0.25) is 0 Å². The first-order chi connectivity index (χ1) is 15.8. The van der Waals surface area contributed by atoms with Crippen LogP contribution in [0.25, 0.3) is 0 Å². The van der Waals surface area contributed by atoms with Crippen molar-refractivity contribution in [2.45, 2.75) is 80.5 Å². The monoisotopic (exact) mass is 490 g/mol. The number of piperidine rings is 1. The molecule has 4 saturated carbocycles. The van der Waals surface area contributed by atoms with Crippen LogP contribution in [-0.2, 0) is 9.84 Å². The van der Waals surface area contributed by atoms with Crippen molar-refractivity contribution < 1.29 is 13.2 Å². The van der Waals surface area contributed by atoms with Crippen LogP contribution >= 0.6 is 11.8 Å². The number of carbonyl (C=O) groups excluding carboxylic acids is 1. The molecule has 4 aliphatic carbocycles. The minimum Gasteiger partial charge on any atom is -0.352 e. The molecule has 5 aliphatic rings. The lowest BCUT2D eigenvalue weighted by Crippen LogP contribution is -2.63. The SMILES string of the molecule is CCCSc1nc(N2[CH]CCCC2)ccc1C(=O)NC1C2CC3CC1CC(S(C)(=O)=O)(C3)C2. The number of amides is 1. The van der Waals surface area contributed by atoms with Crippen LogP contribution in [0.5, 0.6) is 0 Å². The summed E-state index contributed by atoms with van der Waals surface area (Å²) in [5, 5.41) is 4.16. The zero-order valence-corrected chi connectivity index (χ0v) is 21.4. The van der Waals surface area contributed by atoms with Crippen molar-refractivity contribution >= 4 is 33.3 Å². The molecule has 181 valence electrons. The van der Waals surface area contributed by atoms with Crippen LogP contribution < -0.4 is 10.2 Å². The van der Waals surface area contributed by atoms with Gasteiger partial charge in [0.05, 0.1) is 16.9 Å². The molecule has 1 amide bonds. The summed E-state index contributed by atoms with van der Waals surface area (Å²) in [6.45, 7) is 5.33. The summed E-state index contributed by atoms with van der Waals surface area (Å²) in [5.41, 5.74) is 0.654. The largest absolute Gasteiger partial charge is 0.352 e. The minimum absolute atomic E-state index is 0.0545. The molecule has 1 radical (unpaired) electrons. The van der Waals surface area contributed by atoms with E-state index in [1.807, 2.05) is 12.1 Å². The van der Waals surface area contributed by atoms with E-state index in [1.54, 1.807) is 11.8 Å². The third kappa shape index (κ3) is 4.42. The van der Waals surface area contributed by atoms with Crippen molar-refractivity contribution in [3.63, 3.8) is 0 Å². The number of pyridine rings is 1. The Hall–Kier alpha value is -1.28. The Morgan fingerprint density at radius 3 is 2.61 bits per heavy atom. The number of sulfone groups is 1. The normalized spacial score (nSPS) is 33.3. The Balaban J connectivity index is 1.35. The maximum atomic E-state index is 13.5. The molecule has 33 heavy (non-hydrogen) atoms. The Bertz CT molecular complexity index is 990. The molecular formula is C25H36N3O3S2. The number of hydrogen-bond donors (Lipinski definition) is 1. The molecule has 0 aromatic carbocycles. The third-order valence-corrected chi connectivity index (χ3v) is 11.6. The molecule has 2 heterocycles. The van der Waals surface area contributed by atoms with E-state index in [4.69, 9.17) is 4.98 Å². The average molecular weight is 491 g/mol. The topological polar surface area (TPSA) is 79.4 Å². The maximum Gasteiger partial charge on any atom is 0.254 e. The van der Waals surface area contributed by atoms with Gasteiger partial charge >= 0.3 is 0 Å². The van der Waals surface area contributed by atoms with Crippen LogP contribution in [0.1, 0.15) is 75.1 Å². The number of carbonyl (C=O) groups is 1. The number of rotatable bonds is 7. The van der Waals surface area contributed by atoms with Gasteiger partial charge in [0.25, 0.3) is 5.91 Å². The van der Waals surface area contributed by atoms with E-state index in [2.05, 4.69) is 23.7 Å². The Morgan fingerprint density at radius 2 is 1.97 bits per heavy atom. The molecule has 2 unspecified atom stereocenters. The molecule has 8 heteroatoms. The van der Waals surface area contributed by atoms with Crippen LogP contribution in [-0.4, -0.2) is 48.7 Å². The van der Waals surface area contributed by atoms with Gasteiger partial charge < -0.3 is 10.2 Å². The summed E-state index contributed by atoms with van der Waals surface area (Å²) in [6.07, 6.45) is 10.2. The van der Waals surface area contributed by atoms with E-state index < -0.39 is 14.6 Å². The van der Waals surface area contributed by atoms with Crippen molar-refractivity contribution in [2.75, 3.05) is 23.5 Å². The van der Waals surface area contributed by atoms with Crippen LogP contribution in [0.4, 0.5) is 5.82 Å². The molecule has 4 bridgehead atoms. The fourth-order valence-electron chi connectivity index (χ4n) is 6.91. The summed E-state index contributed by atoms with van der Waals surface area (Å²) in [7, 11) is -3.09. The predicted molar refractivity (Wildman–Crippen MR) is 133 cm³/mol. The van der Waals surface area contributed by atoms with Crippen molar-refractivity contribution in [1.29, 1.82) is 0 Å². The van der Waals surface area contributed by atoms with Crippen molar-refractivity contribution in [3.05, 3.63) is 24.2 Å². The highest BCUT2D eigenvalue weighted by Gasteiger charge is 2.59. The molecule has 2 atom stereocenters. The van der Waals surface area contributed by atoms with Crippen LogP contribution in [0.15, 0.2) is 17.2 Å². The number of nitrogens with zero attached hydrogens (tertiary/aromatic N) is 2. The van der Waals surface area contributed by atoms with Crippen molar-refractivity contribution in [3.8, 4) is 0 Å². The van der Waals surface area contributed by atoms with E-state index in [9.17, 15) is 13.2 Å². The number of anilines is 1. The van der Waals surface area contributed by atoms with Gasteiger partial charge in [-0.25, -0.2) is 13.4 Å². The molecule has 1 N–H and O–H groups in total. The van der Waals surface area contributed by atoms with E-state index in [0.717, 1.165) is 61.7 Å². The van der Waals surface area contributed by atoms with Gasteiger partial charge in [-0.1, -0.05) is 6.92 Å². The number of nitrogens with one attached hydrogen (secondary N) is 1. The second kappa shape index (κ2) is 9.06. The van der Waals surface area contributed by atoms with Crippen molar-refractivity contribution in [2.24, 2.45) is 17.8 Å². The molecular weight excluding hydrogens is 454 g/mol. The van der Waals surface area contributed by atoms with Gasteiger partial charge in [-0.15, -0.1) is 11.8 Å². The maximum absolute atomic E-state index is 13.5. The van der Waals surface area contributed by atoms with E-state index in [0.29, 0.717) is 24.3 Å². The second-order valence-electron chi connectivity index (χ2n) is 10.7. The third-order valence-electron chi connectivity index (χ3n) is 8.33. The van der Waals surface area contributed by atoms with Gasteiger partial charge in [0, 0.05) is 18.8 Å². The van der Waals surface area contributed by atoms with Crippen molar-refractivity contribution in [1.82, 2.24) is 10.3 Å². The number of hydrogen-bond acceptors (Lipinski definition) is 6. The smallest absolute Gasteiger partial charge is 0.254 e. The molecule has 1 aromatic rings. The highest BCUT2D eigenvalue weighted by molar-refractivity contribution is 7.99. The fourth-order valence-corrected chi connectivity index (χ4v) is 9.36. The van der Waals surface area contributed by atoms with E-state index >= 15 is 0 Å². The van der Waals surface area contributed by atoms with Crippen LogP contribution in [0, 0.1) is 24.3 Å². The van der Waals surface area contributed by atoms with E-state index in [-0.39, 0.29) is 23.8 Å². The Kier molecular flexibility index (Phi) is 6.44. The summed E-state index contributed by atoms with van der Waals surface area (Å²) in [6, 6.07) is 3.98. The average Bonchev–Trinajstić information content (AvgIpc) is 2.79. The molecule has 5 fully saturated rings. The zero-order valence-electron chi connectivity index (χ0n) is 19.8. The number of thioether (sulfide) groups is 1. The van der Waals surface area contributed by atoms with E-state index in [1.165, 1.54) is 12.7 Å². The highest BCUT2D eigenvalue weighted by atomic mass is 32.2. The first-order valence-corrected chi connectivity index (χ1v) is 15.4. The summed E-state index contributed by atoms with van der Waals surface area (Å²) in [4.78, 5) is 20.6. The lowest BCUT2D eigenvalue weighted by molar-refractivity contribution is 0.000217. The molecule has 6 nitrogen and oxygen atoms in total. The molecule has 6 rings (SSSR count). The zero-order chi connectivity index (χ0) is 23.2. The molecule has 1 saturated heterocycles. The summed E-state index contributed by atoms with van der Waals surface area (Å²) < 4.78 is 24.7. The Morgan fingerprint density at radius 1 is 1.21 bits per heavy atom. The van der Waals surface area contributed by atoms with Gasteiger partial charge in [0.15, 0.2) is 9.84 Å². The quantitative estimate of drug-likeness (QED) is 0.569. The molecule has 1 aliphatic heterocycles. The predicted octanol–water partition coefficient (Wildman–Crippen LogP) is 4.46. The van der Waals surface area contributed by atoms with Crippen LogP contribution in [0.3, 0.4) is 0 Å². The first kappa shape index (κ1) is 23.5. The lowest BCUT2D eigenvalue weighted by Gasteiger charge is -2.59. The Labute approximate surface area is 202 Å². The molecule has 1 aromatic heterocycles. The minimum atomic E-state index is -3.09. The summed E-state index contributed by atoms with van der Waals surface area (Å²) >= 11 is 1.66. The summed E-state index contributed by atoms with van der Waals surface area (Å²) in [5.74, 6) is 2.81. The first-order valence-electron chi connectivity index (χ1n) is 12.5. The van der Waals surface area contributed by atoms with Gasteiger partial charge in [-0.05, 0) is 93.4 Å². The second-order valence-corrected chi connectivity index (χ2v) is 14.2. The molecule has 0 spiro atoms. The fraction of sp³-hybridized carbons (Fsp3) is 0.720. The number of aromatic nitrogens is 1. The van der Waals surface area contributed by atoms with Crippen LogP contribution in [0.2, 0.25) is 0 Å². The van der Waals surface area contributed by atoms with Gasteiger partial charge in [-0.3, -0.25) is 4.79 Å².